The lowest BCUT2D eigenvalue weighted by Crippen LogP contribution is -2.37. The number of carbonyl (C=O) groups excluding carboxylic acids is 2. The van der Waals surface area contributed by atoms with Crippen LogP contribution in [0.1, 0.15) is 37.0 Å². The molecule has 1 aliphatic rings. The smallest absolute Gasteiger partial charge is 0.329 e. The van der Waals surface area contributed by atoms with Crippen molar-refractivity contribution in [2.75, 3.05) is 12.3 Å². The molecule has 0 aliphatic heterocycles. The third-order valence-electron chi connectivity index (χ3n) is 3.72. The molecule has 0 radical (unpaired) electrons. The fraction of sp³-hybridized carbons (Fsp3) is 0.571. The number of esters is 1. The lowest BCUT2D eigenvalue weighted by molar-refractivity contribution is -0.144. The van der Waals surface area contributed by atoms with Gasteiger partial charge in [-0.3, -0.25) is 23.9 Å². The van der Waals surface area contributed by atoms with Crippen molar-refractivity contribution in [1.82, 2.24) is 9.55 Å². The number of nitrogen functional groups attached to an aromatic ring is 1. The van der Waals surface area contributed by atoms with Gasteiger partial charge in [-0.25, -0.2) is 4.79 Å². The molecule has 8 nitrogen and oxygen atoms in total. The minimum atomic E-state index is -0.865. The first-order chi connectivity index (χ1) is 10.4. The molecule has 0 bridgehead atoms. The predicted octanol–water partition coefficient (Wildman–Crippen LogP) is -0.0893. The van der Waals surface area contributed by atoms with Crippen molar-refractivity contribution < 1.29 is 14.3 Å². The number of H-pyrrole nitrogens is 1. The second kappa shape index (κ2) is 6.17. The van der Waals surface area contributed by atoms with E-state index < -0.39 is 29.6 Å². The number of Topliss-reactive ketones (excluding diaryl/α,β-unsaturated/α-hetero) is 1. The monoisotopic (exact) mass is 309 g/mol. The zero-order chi connectivity index (χ0) is 16.4. The first-order valence-electron chi connectivity index (χ1n) is 7.19. The van der Waals surface area contributed by atoms with Gasteiger partial charge < -0.3 is 10.5 Å². The Balaban J connectivity index is 2.18. The molecule has 2 atom stereocenters. The van der Waals surface area contributed by atoms with E-state index in [0.29, 0.717) is 6.42 Å². The van der Waals surface area contributed by atoms with Crippen LogP contribution in [-0.2, 0) is 16.1 Å². The van der Waals surface area contributed by atoms with E-state index in [9.17, 15) is 19.2 Å². The molecule has 1 heterocycles. The van der Waals surface area contributed by atoms with Crippen LogP contribution in [0.4, 0.5) is 5.82 Å². The molecule has 120 valence electrons. The number of carbonyl (C=O) groups is 2. The van der Waals surface area contributed by atoms with Gasteiger partial charge in [-0.05, 0) is 18.8 Å². The topological polar surface area (TPSA) is 124 Å². The molecule has 3 N–H and O–H groups in total. The van der Waals surface area contributed by atoms with Crippen LogP contribution in [0.25, 0.3) is 0 Å². The Hall–Kier alpha value is -2.38. The van der Waals surface area contributed by atoms with Gasteiger partial charge in [0.25, 0.3) is 5.56 Å². The zero-order valence-corrected chi connectivity index (χ0v) is 12.5. The third-order valence-corrected chi connectivity index (χ3v) is 3.72. The summed E-state index contributed by atoms with van der Waals surface area (Å²) in [5.74, 6) is -1.26. The summed E-state index contributed by atoms with van der Waals surface area (Å²) in [5, 5.41) is 0. The number of aromatic amines is 1. The number of hydrogen-bond acceptors (Lipinski definition) is 6. The molecule has 2 rings (SSSR count). The van der Waals surface area contributed by atoms with E-state index in [1.807, 2.05) is 13.8 Å². The van der Waals surface area contributed by atoms with Crippen LogP contribution in [0.2, 0.25) is 0 Å². The largest absolute Gasteiger partial charge is 0.457 e. The molecule has 22 heavy (non-hydrogen) atoms. The highest BCUT2D eigenvalue weighted by molar-refractivity contribution is 6.01. The first-order valence-corrected chi connectivity index (χ1v) is 7.19. The standard InChI is InChI=1S/C14H19N3O5/c1-3-4-17-11(15)10(12(19)16-14(17)21)9(18)6-22-13(20)8-5-7(8)2/h7-8H,3-6,15H2,1-2H3,(H,16,19,21)/t7-,8-/m0/s1. The van der Waals surface area contributed by atoms with Crippen LogP contribution in [0.5, 0.6) is 0 Å². The minimum absolute atomic E-state index is 0.169. The van der Waals surface area contributed by atoms with Crippen molar-refractivity contribution in [3.63, 3.8) is 0 Å². The number of anilines is 1. The fourth-order valence-corrected chi connectivity index (χ4v) is 2.27. The second-order valence-electron chi connectivity index (χ2n) is 5.52. The Morgan fingerprint density at radius 1 is 1.41 bits per heavy atom. The molecule has 1 aromatic rings. The predicted molar refractivity (Wildman–Crippen MR) is 78.6 cm³/mol. The van der Waals surface area contributed by atoms with Crippen molar-refractivity contribution in [2.45, 2.75) is 33.2 Å². The van der Waals surface area contributed by atoms with E-state index in [0.717, 1.165) is 11.0 Å². The molecule has 0 unspecified atom stereocenters. The van der Waals surface area contributed by atoms with Crippen LogP contribution >= 0.6 is 0 Å². The van der Waals surface area contributed by atoms with Crippen molar-refractivity contribution in [3.05, 3.63) is 26.4 Å². The van der Waals surface area contributed by atoms with Gasteiger partial charge in [0.15, 0.2) is 6.61 Å². The summed E-state index contributed by atoms with van der Waals surface area (Å²) in [6.07, 6.45) is 1.36. The molecular formula is C14H19N3O5. The van der Waals surface area contributed by atoms with Gasteiger partial charge in [0.05, 0.1) is 5.92 Å². The number of hydrogen-bond donors (Lipinski definition) is 2. The SMILES string of the molecule is CCCn1c(N)c(C(=O)COC(=O)[C@H]2C[C@@H]2C)c(=O)[nH]c1=O. The third kappa shape index (κ3) is 3.10. The second-order valence-corrected chi connectivity index (χ2v) is 5.52. The van der Waals surface area contributed by atoms with E-state index in [1.165, 1.54) is 0 Å². The van der Waals surface area contributed by atoms with Gasteiger partial charge in [-0.15, -0.1) is 0 Å². The molecule has 1 aliphatic carbocycles. The summed E-state index contributed by atoms with van der Waals surface area (Å²) in [4.78, 5) is 49.2. The Morgan fingerprint density at radius 3 is 2.59 bits per heavy atom. The average Bonchev–Trinajstić information content (AvgIpc) is 3.17. The molecule has 1 saturated carbocycles. The molecule has 0 amide bonds. The Labute approximate surface area is 126 Å². The first kappa shape index (κ1) is 16.0. The van der Waals surface area contributed by atoms with Crippen LogP contribution in [-0.4, -0.2) is 27.9 Å². The zero-order valence-electron chi connectivity index (χ0n) is 12.5. The van der Waals surface area contributed by atoms with Crippen molar-refractivity contribution in [3.8, 4) is 0 Å². The number of nitrogens with two attached hydrogens (primary N) is 1. The maximum absolute atomic E-state index is 12.1. The van der Waals surface area contributed by atoms with Crippen LogP contribution in [0.3, 0.4) is 0 Å². The van der Waals surface area contributed by atoms with Crippen LogP contribution in [0, 0.1) is 11.8 Å². The summed E-state index contributed by atoms with van der Waals surface area (Å²) < 4.78 is 6.03. The van der Waals surface area contributed by atoms with E-state index in [1.54, 1.807) is 0 Å². The molecular weight excluding hydrogens is 290 g/mol. The number of rotatable bonds is 6. The van der Waals surface area contributed by atoms with Crippen molar-refractivity contribution in [2.24, 2.45) is 11.8 Å². The maximum Gasteiger partial charge on any atom is 0.329 e. The minimum Gasteiger partial charge on any atom is -0.457 e. The summed E-state index contributed by atoms with van der Waals surface area (Å²) in [7, 11) is 0. The van der Waals surface area contributed by atoms with E-state index in [2.05, 4.69) is 4.98 Å². The Morgan fingerprint density at radius 2 is 2.05 bits per heavy atom. The van der Waals surface area contributed by atoms with Crippen LogP contribution in [0.15, 0.2) is 9.59 Å². The number of ether oxygens (including phenoxy) is 1. The van der Waals surface area contributed by atoms with E-state index in [-0.39, 0.29) is 29.8 Å². The van der Waals surface area contributed by atoms with Gasteiger partial charge in [0.1, 0.15) is 11.4 Å². The lowest BCUT2D eigenvalue weighted by Gasteiger charge is -2.11. The highest BCUT2D eigenvalue weighted by Crippen LogP contribution is 2.38. The molecule has 0 spiro atoms. The Bertz CT molecular complexity index is 718. The number of ketones is 1. The summed E-state index contributed by atoms with van der Waals surface area (Å²) >= 11 is 0. The highest BCUT2D eigenvalue weighted by Gasteiger charge is 2.40. The van der Waals surface area contributed by atoms with Gasteiger partial charge in [0.2, 0.25) is 5.78 Å². The molecule has 1 fully saturated rings. The van der Waals surface area contributed by atoms with E-state index in [4.69, 9.17) is 10.5 Å². The maximum atomic E-state index is 12.1. The quantitative estimate of drug-likeness (QED) is 0.559. The number of aromatic nitrogens is 2. The van der Waals surface area contributed by atoms with Crippen LogP contribution < -0.4 is 17.0 Å². The van der Waals surface area contributed by atoms with E-state index >= 15 is 0 Å². The number of nitrogens with zero attached hydrogens (tertiary/aromatic N) is 1. The summed E-state index contributed by atoms with van der Waals surface area (Å²) in [5.41, 5.74) is 3.88. The normalized spacial score (nSPS) is 19.7. The molecule has 8 heteroatoms. The van der Waals surface area contributed by atoms with Gasteiger partial charge in [-0.2, -0.15) is 0 Å². The molecule has 0 saturated heterocycles. The van der Waals surface area contributed by atoms with Crippen molar-refractivity contribution in [1.29, 1.82) is 0 Å². The summed E-state index contributed by atoms with van der Waals surface area (Å²) in [6.45, 7) is 3.47. The molecule has 1 aromatic heterocycles. The summed E-state index contributed by atoms with van der Waals surface area (Å²) in [6, 6.07) is 0. The molecule has 0 aromatic carbocycles. The highest BCUT2D eigenvalue weighted by atomic mass is 16.5. The van der Waals surface area contributed by atoms with Gasteiger partial charge >= 0.3 is 11.7 Å². The lowest BCUT2D eigenvalue weighted by atomic mass is 10.2. The van der Waals surface area contributed by atoms with Gasteiger partial charge in [-0.1, -0.05) is 13.8 Å². The Kier molecular flexibility index (Phi) is 4.48. The van der Waals surface area contributed by atoms with Gasteiger partial charge in [0, 0.05) is 6.54 Å². The average molecular weight is 309 g/mol. The fourth-order valence-electron chi connectivity index (χ4n) is 2.27. The number of nitrogens with one attached hydrogen (secondary N) is 1. The van der Waals surface area contributed by atoms with Crippen molar-refractivity contribution >= 4 is 17.6 Å².